The average molecular weight is 691 g/mol. The maximum absolute atomic E-state index is 2.48. The Kier molecular flexibility index (Phi) is 6.31. The predicted molar refractivity (Wildman–Crippen MR) is 211 cm³/mol. The Labute approximate surface area is 292 Å². The Bertz CT molecular complexity index is 2750. The molecule has 10 rings (SSSR count). The van der Waals surface area contributed by atoms with Gasteiger partial charge in [0.2, 0.25) is 0 Å². The first kappa shape index (κ1) is 28.6. The van der Waals surface area contributed by atoms with E-state index in [0.29, 0.717) is 0 Å². The van der Waals surface area contributed by atoms with Gasteiger partial charge in [0.05, 0.1) is 0 Å². The third-order valence-electron chi connectivity index (χ3n) is 10.6. The molecule has 0 saturated carbocycles. The molecule has 1 heterocycles. The van der Waals surface area contributed by atoms with Crippen molar-refractivity contribution < 1.29 is 0 Å². The van der Waals surface area contributed by atoms with Crippen molar-refractivity contribution in [3.63, 3.8) is 0 Å². The molecule has 2 heteroatoms. The van der Waals surface area contributed by atoms with E-state index in [2.05, 4.69) is 183 Å². The number of fused-ring (bicyclic) bond motifs is 10. The molecule has 9 aromatic rings. The minimum atomic E-state index is -0.0411. The first-order valence-corrected chi connectivity index (χ1v) is 18.7. The number of nitrogens with zero attached hydrogens (tertiary/aromatic N) is 1. The van der Waals surface area contributed by atoms with E-state index in [0.717, 1.165) is 5.69 Å². The second-order valence-electron chi connectivity index (χ2n) is 13.7. The van der Waals surface area contributed by atoms with Crippen molar-refractivity contribution >= 4 is 72.4 Å². The van der Waals surface area contributed by atoms with E-state index < -0.39 is 0 Å². The number of anilines is 3. The van der Waals surface area contributed by atoms with E-state index >= 15 is 0 Å². The zero-order valence-electron chi connectivity index (χ0n) is 27.4. The van der Waals surface area contributed by atoms with Crippen molar-refractivity contribution in [1.29, 1.82) is 0 Å². The topological polar surface area (TPSA) is 3.24 Å². The number of hydrogen-bond acceptors (Lipinski definition) is 1. The van der Waals surface area contributed by atoms with E-state index in [4.69, 9.17) is 0 Å². The van der Waals surface area contributed by atoms with Gasteiger partial charge in [-0.25, -0.2) is 0 Å². The number of hydrogen-bond donors (Lipinski definition) is 0. The summed E-state index contributed by atoms with van der Waals surface area (Å²) in [5.41, 5.74) is 11.3. The van der Waals surface area contributed by atoms with Gasteiger partial charge in [0, 0.05) is 0 Å². The van der Waals surface area contributed by atoms with Gasteiger partial charge in [-0.05, 0) is 0 Å². The predicted octanol–water partition coefficient (Wildman–Crippen LogP) is 12.8. The van der Waals surface area contributed by atoms with Gasteiger partial charge in [-0.2, -0.15) is 0 Å². The van der Waals surface area contributed by atoms with Gasteiger partial charge in [-0.15, -0.1) is 0 Å². The molecular formula is C47H33NSe. The van der Waals surface area contributed by atoms with Crippen LogP contribution in [-0.2, 0) is 5.41 Å². The molecule has 232 valence electrons. The molecular weight excluding hydrogens is 657 g/mol. The van der Waals surface area contributed by atoms with Crippen LogP contribution in [0.4, 0.5) is 17.1 Å². The Morgan fingerprint density at radius 1 is 0.469 bits per heavy atom. The van der Waals surface area contributed by atoms with Crippen molar-refractivity contribution in [2.45, 2.75) is 19.3 Å². The molecule has 0 aliphatic heterocycles. The molecule has 0 fully saturated rings. The average Bonchev–Trinajstić information content (AvgIpc) is 3.64. The first-order valence-electron chi connectivity index (χ1n) is 17.0. The molecule has 1 aliphatic rings. The third kappa shape index (κ3) is 4.31. The van der Waals surface area contributed by atoms with Crippen molar-refractivity contribution in [2.24, 2.45) is 0 Å². The molecule has 0 radical (unpaired) electrons. The first-order chi connectivity index (χ1) is 24.1. The fourth-order valence-electron chi connectivity index (χ4n) is 8.26. The van der Waals surface area contributed by atoms with Gasteiger partial charge in [0.25, 0.3) is 0 Å². The van der Waals surface area contributed by atoms with Crippen molar-refractivity contribution in [2.75, 3.05) is 4.90 Å². The molecule has 0 N–H and O–H groups in total. The second-order valence-corrected chi connectivity index (χ2v) is 15.9. The Morgan fingerprint density at radius 3 is 2.06 bits per heavy atom. The summed E-state index contributed by atoms with van der Waals surface area (Å²) in [4.78, 5) is 2.48. The van der Waals surface area contributed by atoms with Crippen LogP contribution in [0.3, 0.4) is 0 Å². The summed E-state index contributed by atoms with van der Waals surface area (Å²) in [5, 5.41) is 8.09. The number of benzene rings is 8. The Balaban J connectivity index is 1.25. The van der Waals surface area contributed by atoms with Crippen LogP contribution in [0, 0.1) is 0 Å². The van der Waals surface area contributed by atoms with Gasteiger partial charge in [0.15, 0.2) is 0 Å². The molecule has 0 spiro atoms. The van der Waals surface area contributed by atoms with Crippen molar-refractivity contribution in [3.8, 4) is 22.3 Å². The second kappa shape index (κ2) is 10.8. The fourth-order valence-corrected chi connectivity index (χ4v) is 10.9. The molecule has 1 aliphatic carbocycles. The van der Waals surface area contributed by atoms with Gasteiger partial charge in [0.1, 0.15) is 0 Å². The summed E-state index contributed by atoms with van der Waals surface area (Å²) in [7, 11) is 0. The summed E-state index contributed by atoms with van der Waals surface area (Å²) in [6.07, 6.45) is 0. The summed E-state index contributed by atoms with van der Waals surface area (Å²) < 4.78 is 2.98. The third-order valence-corrected chi connectivity index (χ3v) is 13.2. The van der Waals surface area contributed by atoms with E-state index in [1.807, 2.05) is 0 Å². The zero-order valence-corrected chi connectivity index (χ0v) is 29.2. The molecule has 49 heavy (non-hydrogen) atoms. The van der Waals surface area contributed by atoms with E-state index in [1.54, 1.807) is 0 Å². The van der Waals surface area contributed by atoms with Gasteiger partial charge in [-0.1, -0.05) is 12.1 Å². The number of rotatable bonds is 4. The molecule has 1 nitrogen and oxygen atoms in total. The maximum atomic E-state index is 2.48. The van der Waals surface area contributed by atoms with E-state index in [1.165, 1.54) is 85.6 Å². The summed E-state index contributed by atoms with van der Waals surface area (Å²) >= 11 is 0.263. The quantitative estimate of drug-likeness (QED) is 0.131. The van der Waals surface area contributed by atoms with Crippen LogP contribution >= 0.6 is 0 Å². The van der Waals surface area contributed by atoms with Crippen molar-refractivity contribution in [1.82, 2.24) is 0 Å². The summed E-state index contributed by atoms with van der Waals surface area (Å²) in [6, 6.07) is 61.0. The van der Waals surface area contributed by atoms with Crippen LogP contribution in [0.2, 0.25) is 0 Å². The molecule has 0 amide bonds. The zero-order chi connectivity index (χ0) is 32.7. The van der Waals surface area contributed by atoms with E-state index in [9.17, 15) is 0 Å². The Hall–Kier alpha value is -5.40. The fraction of sp³-hybridized carbons (Fsp3) is 0.0638. The van der Waals surface area contributed by atoms with Gasteiger partial charge >= 0.3 is 282 Å². The molecule has 1 aromatic heterocycles. The Morgan fingerprint density at radius 2 is 1.16 bits per heavy atom. The molecule has 0 unspecified atom stereocenters. The van der Waals surface area contributed by atoms with Gasteiger partial charge in [-0.3, -0.25) is 0 Å². The van der Waals surface area contributed by atoms with Crippen LogP contribution in [0.25, 0.3) is 63.1 Å². The summed E-state index contributed by atoms with van der Waals surface area (Å²) in [6.45, 7) is 4.71. The monoisotopic (exact) mass is 691 g/mol. The van der Waals surface area contributed by atoms with Crippen molar-refractivity contribution in [3.05, 3.63) is 175 Å². The molecule has 0 saturated heterocycles. The SMILES string of the molecule is CC1(C)c2ccccc2-c2cc(N(c3cccc(-c4ccccc4)c3)c3cccc4c3ccc3ccc5c6ccccc6[se]c5c34)ccc21. The van der Waals surface area contributed by atoms with Crippen LogP contribution in [0.15, 0.2) is 164 Å². The minimum absolute atomic E-state index is 0.0411. The van der Waals surface area contributed by atoms with Crippen LogP contribution < -0.4 is 4.90 Å². The van der Waals surface area contributed by atoms with Gasteiger partial charge < -0.3 is 0 Å². The summed E-state index contributed by atoms with van der Waals surface area (Å²) in [5.74, 6) is 0. The van der Waals surface area contributed by atoms with E-state index in [-0.39, 0.29) is 19.9 Å². The molecule has 0 bridgehead atoms. The van der Waals surface area contributed by atoms with Crippen LogP contribution in [0.5, 0.6) is 0 Å². The molecule has 0 atom stereocenters. The molecule has 8 aromatic carbocycles. The normalized spacial score (nSPS) is 13.3. The van der Waals surface area contributed by atoms with Crippen LogP contribution in [0.1, 0.15) is 25.0 Å². The standard InChI is InChI=1S/C47H33NSe/c1-47(2)41-19-8-6-16-35(41)40-29-34(24-27-42(40)47)48(33-15-10-14-32(28-33)30-12-4-3-5-13-30)43-20-11-18-38-36(43)25-22-31-23-26-39-37-17-7-9-21-44(37)49-46(39)45(31)38/h3-29H,1-2H3. The van der Waals surface area contributed by atoms with Crippen LogP contribution in [-0.4, -0.2) is 14.5 Å².